The summed E-state index contributed by atoms with van der Waals surface area (Å²) >= 11 is 0. The predicted octanol–water partition coefficient (Wildman–Crippen LogP) is 1.87. The molecule has 0 saturated carbocycles. The van der Waals surface area contributed by atoms with Gasteiger partial charge in [0.15, 0.2) is 11.5 Å². The number of rotatable bonds is 8. The first-order chi connectivity index (χ1) is 14.2. The molecule has 0 bridgehead atoms. The fourth-order valence-corrected chi connectivity index (χ4v) is 3.10. The SMILES string of the molecule is C=CNC(=NC)Nc1ncnc2cc(OCCCN3CCOCC3)c(OC)cc12. The number of morpholine rings is 1. The van der Waals surface area contributed by atoms with Crippen molar-refractivity contribution in [1.29, 1.82) is 0 Å². The number of ether oxygens (including phenoxy) is 3. The van der Waals surface area contributed by atoms with Crippen molar-refractivity contribution in [2.75, 3.05) is 58.9 Å². The summed E-state index contributed by atoms with van der Waals surface area (Å²) in [6.07, 6.45) is 3.98. The second kappa shape index (κ2) is 10.6. The minimum absolute atomic E-state index is 0.530. The number of nitrogens with one attached hydrogen (secondary N) is 2. The number of fused-ring (bicyclic) bond motifs is 1. The van der Waals surface area contributed by atoms with E-state index in [-0.39, 0.29) is 0 Å². The van der Waals surface area contributed by atoms with Crippen molar-refractivity contribution in [3.05, 3.63) is 31.2 Å². The van der Waals surface area contributed by atoms with Gasteiger partial charge in [0.05, 0.1) is 32.4 Å². The molecule has 29 heavy (non-hydrogen) atoms. The maximum Gasteiger partial charge on any atom is 0.200 e. The first-order valence-corrected chi connectivity index (χ1v) is 9.62. The van der Waals surface area contributed by atoms with Crippen molar-refractivity contribution in [1.82, 2.24) is 20.2 Å². The number of benzene rings is 1. The molecule has 2 aromatic rings. The quantitative estimate of drug-likeness (QED) is 0.394. The van der Waals surface area contributed by atoms with Crippen molar-refractivity contribution in [2.24, 2.45) is 4.99 Å². The highest BCUT2D eigenvalue weighted by molar-refractivity contribution is 6.01. The van der Waals surface area contributed by atoms with Gasteiger partial charge in [0.2, 0.25) is 5.96 Å². The Kier molecular flexibility index (Phi) is 7.60. The Morgan fingerprint density at radius 2 is 2.14 bits per heavy atom. The molecule has 2 heterocycles. The van der Waals surface area contributed by atoms with Crippen LogP contribution in [0.2, 0.25) is 0 Å². The van der Waals surface area contributed by atoms with Crippen LogP contribution in [0.5, 0.6) is 11.5 Å². The molecule has 9 heteroatoms. The maximum atomic E-state index is 5.99. The number of guanidine groups is 1. The Morgan fingerprint density at radius 3 is 2.86 bits per heavy atom. The fraction of sp³-hybridized carbons (Fsp3) is 0.450. The van der Waals surface area contributed by atoms with Crippen LogP contribution in [-0.2, 0) is 4.74 Å². The molecular weight excluding hydrogens is 372 g/mol. The summed E-state index contributed by atoms with van der Waals surface area (Å²) in [6, 6.07) is 3.75. The lowest BCUT2D eigenvalue weighted by atomic mass is 10.2. The lowest BCUT2D eigenvalue weighted by molar-refractivity contribution is 0.0357. The van der Waals surface area contributed by atoms with E-state index in [9.17, 15) is 0 Å². The summed E-state index contributed by atoms with van der Waals surface area (Å²) in [5.41, 5.74) is 0.750. The summed E-state index contributed by atoms with van der Waals surface area (Å²) < 4.78 is 16.9. The molecule has 1 saturated heterocycles. The van der Waals surface area contributed by atoms with Gasteiger partial charge < -0.3 is 24.8 Å². The number of hydrogen-bond donors (Lipinski definition) is 2. The zero-order valence-electron chi connectivity index (χ0n) is 17.0. The van der Waals surface area contributed by atoms with Gasteiger partial charge in [0.25, 0.3) is 0 Å². The standard InChI is InChI=1S/C20H28N6O3/c1-4-22-20(21-2)25-19-15-12-17(27-3)18(13-16(15)23-14-24-19)29-9-5-6-26-7-10-28-11-8-26/h4,12-14H,1,5-11H2,2-3H3,(H2,21,22,23,24,25). The molecule has 0 amide bonds. The normalized spacial score (nSPS) is 15.2. The van der Waals surface area contributed by atoms with Gasteiger partial charge in [-0.15, -0.1) is 0 Å². The van der Waals surface area contributed by atoms with E-state index in [1.54, 1.807) is 20.4 Å². The first kappa shape index (κ1) is 20.8. The van der Waals surface area contributed by atoms with E-state index in [1.807, 2.05) is 12.1 Å². The van der Waals surface area contributed by atoms with Crippen LogP contribution in [0.25, 0.3) is 10.9 Å². The Morgan fingerprint density at radius 1 is 1.31 bits per heavy atom. The van der Waals surface area contributed by atoms with E-state index >= 15 is 0 Å². The summed E-state index contributed by atoms with van der Waals surface area (Å²) in [6.45, 7) is 8.82. The highest BCUT2D eigenvalue weighted by Gasteiger charge is 2.13. The highest BCUT2D eigenvalue weighted by atomic mass is 16.5. The third-order valence-electron chi connectivity index (χ3n) is 4.60. The summed E-state index contributed by atoms with van der Waals surface area (Å²) in [5, 5.41) is 6.86. The second-order valence-corrected chi connectivity index (χ2v) is 6.44. The largest absolute Gasteiger partial charge is 0.493 e. The average Bonchev–Trinajstić information content (AvgIpc) is 2.76. The van der Waals surface area contributed by atoms with E-state index in [4.69, 9.17) is 14.2 Å². The van der Waals surface area contributed by atoms with Gasteiger partial charge in [0, 0.05) is 38.1 Å². The van der Waals surface area contributed by atoms with Crippen molar-refractivity contribution in [3.63, 3.8) is 0 Å². The van der Waals surface area contributed by atoms with Gasteiger partial charge in [-0.25, -0.2) is 9.97 Å². The molecule has 0 aliphatic carbocycles. The first-order valence-electron chi connectivity index (χ1n) is 9.62. The summed E-state index contributed by atoms with van der Waals surface area (Å²) in [4.78, 5) is 15.2. The van der Waals surface area contributed by atoms with Crippen LogP contribution in [0.15, 0.2) is 36.2 Å². The molecule has 1 aromatic heterocycles. The minimum atomic E-state index is 0.530. The van der Waals surface area contributed by atoms with Crippen molar-refractivity contribution in [2.45, 2.75) is 6.42 Å². The van der Waals surface area contributed by atoms with Crippen LogP contribution < -0.4 is 20.1 Å². The molecule has 1 aromatic carbocycles. The van der Waals surface area contributed by atoms with E-state index < -0.39 is 0 Å². The van der Waals surface area contributed by atoms with Crippen LogP contribution in [0.4, 0.5) is 5.82 Å². The van der Waals surface area contributed by atoms with E-state index in [2.05, 4.69) is 37.1 Å². The van der Waals surface area contributed by atoms with E-state index in [0.29, 0.717) is 29.9 Å². The molecule has 1 fully saturated rings. The Bertz CT molecular complexity index is 851. The molecule has 156 valence electrons. The van der Waals surface area contributed by atoms with Gasteiger partial charge in [0.1, 0.15) is 12.1 Å². The zero-order chi connectivity index (χ0) is 20.5. The minimum Gasteiger partial charge on any atom is -0.493 e. The Balaban J connectivity index is 1.70. The second-order valence-electron chi connectivity index (χ2n) is 6.44. The molecule has 0 spiro atoms. The van der Waals surface area contributed by atoms with Crippen LogP contribution in [0, 0.1) is 0 Å². The molecule has 0 atom stereocenters. The zero-order valence-corrected chi connectivity index (χ0v) is 17.0. The predicted molar refractivity (Wildman–Crippen MR) is 114 cm³/mol. The lowest BCUT2D eigenvalue weighted by Gasteiger charge is -2.26. The highest BCUT2D eigenvalue weighted by Crippen LogP contribution is 2.34. The molecule has 0 radical (unpaired) electrons. The van der Waals surface area contributed by atoms with Gasteiger partial charge >= 0.3 is 0 Å². The van der Waals surface area contributed by atoms with Crippen LogP contribution in [0.1, 0.15) is 6.42 Å². The number of anilines is 1. The molecule has 2 N–H and O–H groups in total. The summed E-state index contributed by atoms with van der Waals surface area (Å²) in [7, 11) is 3.29. The molecule has 9 nitrogen and oxygen atoms in total. The smallest absolute Gasteiger partial charge is 0.200 e. The summed E-state index contributed by atoms with van der Waals surface area (Å²) in [5.74, 6) is 2.44. The molecular formula is C20H28N6O3. The number of methoxy groups -OCH3 is 1. The van der Waals surface area contributed by atoms with E-state index in [0.717, 1.165) is 50.2 Å². The van der Waals surface area contributed by atoms with Gasteiger partial charge in [-0.2, -0.15) is 0 Å². The fourth-order valence-electron chi connectivity index (χ4n) is 3.10. The van der Waals surface area contributed by atoms with E-state index in [1.165, 1.54) is 6.33 Å². The maximum absolute atomic E-state index is 5.99. The number of aliphatic imine (C=N–C) groups is 1. The van der Waals surface area contributed by atoms with Crippen molar-refractivity contribution >= 4 is 22.7 Å². The Labute approximate surface area is 170 Å². The van der Waals surface area contributed by atoms with Crippen LogP contribution in [-0.4, -0.2) is 74.4 Å². The van der Waals surface area contributed by atoms with Gasteiger partial charge in [-0.05, 0) is 18.7 Å². The molecule has 0 unspecified atom stereocenters. The third kappa shape index (κ3) is 5.55. The van der Waals surface area contributed by atoms with Gasteiger partial charge in [-0.3, -0.25) is 9.89 Å². The number of hydrogen-bond acceptors (Lipinski definition) is 7. The van der Waals surface area contributed by atoms with Crippen LogP contribution in [0.3, 0.4) is 0 Å². The lowest BCUT2D eigenvalue weighted by Crippen LogP contribution is -2.37. The topological polar surface area (TPSA) is 93.1 Å². The number of nitrogens with zero attached hydrogens (tertiary/aromatic N) is 4. The monoisotopic (exact) mass is 400 g/mol. The Hall–Kier alpha value is -2.91. The molecule has 3 rings (SSSR count). The van der Waals surface area contributed by atoms with Crippen molar-refractivity contribution in [3.8, 4) is 11.5 Å². The van der Waals surface area contributed by atoms with Crippen LogP contribution >= 0.6 is 0 Å². The molecule has 1 aliphatic heterocycles. The third-order valence-corrected chi connectivity index (χ3v) is 4.60. The van der Waals surface area contributed by atoms with Gasteiger partial charge in [-0.1, -0.05) is 6.58 Å². The van der Waals surface area contributed by atoms with Crippen molar-refractivity contribution < 1.29 is 14.2 Å². The number of aromatic nitrogens is 2. The molecule has 1 aliphatic rings. The average molecular weight is 400 g/mol.